The van der Waals surface area contributed by atoms with Crippen LogP contribution in [0.25, 0.3) is 0 Å². The highest BCUT2D eigenvalue weighted by Gasteiger charge is 2.11. The van der Waals surface area contributed by atoms with Crippen molar-refractivity contribution in [3.05, 3.63) is 34.5 Å². The number of carbonyl (C=O) groups excluding carboxylic acids is 1. The Morgan fingerprint density at radius 3 is 2.81 bits per heavy atom. The molecule has 1 amide bonds. The molecule has 4 nitrogen and oxygen atoms in total. The summed E-state index contributed by atoms with van der Waals surface area (Å²) in [6.07, 6.45) is 2.63. The van der Waals surface area contributed by atoms with Gasteiger partial charge in [-0.3, -0.25) is 4.79 Å². The lowest BCUT2D eigenvalue weighted by molar-refractivity contribution is -0.131. The lowest BCUT2D eigenvalue weighted by Gasteiger charge is -2.13. The fraction of sp³-hybridized carbons (Fsp3) is 0.273. The highest BCUT2D eigenvalue weighted by Crippen LogP contribution is 2.21. The third-order valence-corrected chi connectivity index (χ3v) is 2.97. The number of nitrogens with one attached hydrogen (secondary N) is 1. The van der Waals surface area contributed by atoms with Crippen molar-refractivity contribution < 1.29 is 14.7 Å². The number of amides is 1. The Morgan fingerprint density at radius 1 is 1.56 bits per heavy atom. The van der Waals surface area contributed by atoms with E-state index in [0.717, 1.165) is 23.5 Å². The van der Waals surface area contributed by atoms with Gasteiger partial charge in [0.1, 0.15) is 0 Å². The van der Waals surface area contributed by atoms with Gasteiger partial charge in [0, 0.05) is 17.0 Å². The van der Waals surface area contributed by atoms with Gasteiger partial charge in [-0.05, 0) is 17.9 Å². The molecular formula is C11H13NO3S. The lowest BCUT2D eigenvalue weighted by Crippen LogP contribution is -2.25. The molecule has 0 fully saturated rings. The molecule has 1 unspecified atom stereocenters. The van der Waals surface area contributed by atoms with E-state index in [1.165, 1.54) is 0 Å². The molecular weight excluding hydrogens is 226 g/mol. The smallest absolute Gasteiger partial charge is 0.328 e. The SMILES string of the molecule is CCC(NC(=O)C=CC(=O)O)c1cccs1. The standard InChI is InChI=1S/C11H13NO3S/c1-2-8(9-4-3-7-16-9)12-10(13)5-6-11(14)15/h3-8H,2H2,1H3,(H,12,13)(H,14,15). The molecule has 2 N–H and O–H groups in total. The van der Waals surface area contributed by atoms with Gasteiger partial charge in [0.2, 0.25) is 5.91 Å². The van der Waals surface area contributed by atoms with Crippen LogP contribution >= 0.6 is 11.3 Å². The first-order valence-electron chi connectivity index (χ1n) is 4.88. The van der Waals surface area contributed by atoms with Crippen molar-refractivity contribution in [3.63, 3.8) is 0 Å². The van der Waals surface area contributed by atoms with Gasteiger partial charge in [-0.1, -0.05) is 13.0 Å². The summed E-state index contributed by atoms with van der Waals surface area (Å²) in [5.74, 6) is -1.51. The molecule has 86 valence electrons. The number of carboxylic acids is 1. The van der Waals surface area contributed by atoms with Gasteiger partial charge < -0.3 is 10.4 Å². The van der Waals surface area contributed by atoms with E-state index in [0.29, 0.717) is 0 Å². The Kier molecular flexibility index (Phi) is 4.72. The molecule has 0 aromatic carbocycles. The summed E-state index contributed by atoms with van der Waals surface area (Å²) in [6, 6.07) is 3.81. The van der Waals surface area contributed by atoms with E-state index in [-0.39, 0.29) is 11.9 Å². The molecule has 0 bridgehead atoms. The maximum absolute atomic E-state index is 11.4. The summed E-state index contributed by atoms with van der Waals surface area (Å²) >= 11 is 1.57. The third kappa shape index (κ3) is 3.86. The molecule has 0 aliphatic rings. The van der Waals surface area contributed by atoms with Crippen molar-refractivity contribution in [3.8, 4) is 0 Å². The first-order chi connectivity index (χ1) is 7.63. The predicted octanol–water partition coefficient (Wildman–Crippen LogP) is 1.96. The molecule has 1 heterocycles. The molecule has 1 rings (SSSR count). The van der Waals surface area contributed by atoms with E-state index in [2.05, 4.69) is 5.32 Å². The van der Waals surface area contributed by atoms with E-state index in [1.807, 2.05) is 24.4 Å². The molecule has 0 spiro atoms. The van der Waals surface area contributed by atoms with Crippen molar-refractivity contribution in [1.29, 1.82) is 0 Å². The minimum Gasteiger partial charge on any atom is -0.478 e. The number of carbonyl (C=O) groups is 2. The van der Waals surface area contributed by atoms with Crippen LogP contribution in [0.1, 0.15) is 24.3 Å². The summed E-state index contributed by atoms with van der Waals surface area (Å²) in [6.45, 7) is 1.96. The van der Waals surface area contributed by atoms with Gasteiger partial charge in [0.25, 0.3) is 0 Å². The second-order valence-electron chi connectivity index (χ2n) is 3.16. The van der Waals surface area contributed by atoms with Gasteiger partial charge in [0.15, 0.2) is 0 Å². The van der Waals surface area contributed by atoms with Crippen LogP contribution in [0.2, 0.25) is 0 Å². The molecule has 0 saturated heterocycles. The minimum absolute atomic E-state index is 0.0501. The van der Waals surface area contributed by atoms with Crippen LogP contribution in [-0.4, -0.2) is 17.0 Å². The molecule has 16 heavy (non-hydrogen) atoms. The van der Waals surface area contributed by atoms with Crippen molar-refractivity contribution in [2.75, 3.05) is 0 Å². The van der Waals surface area contributed by atoms with Crippen LogP contribution in [0.5, 0.6) is 0 Å². The number of hydrogen-bond acceptors (Lipinski definition) is 3. The summed E-state index contributed by atoms with van der Waals surface area (Å²) in [5.41, 5.74) is 0. The normalized spacial score (nSPS) is 12.6. The predicted molar refractivity (Wildman–Crippen MR) is 62.3 cm³/mol. The maximum atomic E-state index is 11.4. The Labute approximate surface area is 97.6 Å². The Morgan fingerprint density at radius 2 is 2.31 bits per heavy atom. The fourth-order valence-electron chi connectivity index (χ4n) is 1.23. The zero-order chi connectivity index (χ0) is 12.0. The summed E-state index contributed by atoms with van der Waals surface area (Å²) in [5, 5.41) is 13.1. The average molecular weight is 239 g/mol. The largest absolute Gasteiger partial charge is 0.478 e. The topological polar surface area (TPSA) is 66.4 Å². The van der Waals surface area contributed by atoms with Crippen LogP contribution in [0.4, 0.5) is 0 Å². The second-order valence-corrected chi connectivity index (χ2v) is 4.14. The third-order valence-electron chi connectivity index (χ3n) is 1.99. The van der Waals surface area contributed by atoms with E-state index in [1.54, 1.807) is 11.3 Å². The van der Waals surface area contributed by atoms with Crippen LogP contribution in [0.15, 0.2) is 29.7 Å². The van der Waals surface area contributed by atoms with Crippen molar-refractivity contribution in [2.24, 2.45) is 0 Å². The molecule has 0 radical (unpaired) electrons. The van der Waals surface area contributed by atoms with Gasteiger partial charge in [-0.15, -0.1) is 11.3 Å². The number of hydrogen-bond donors (Lipinski definition) is 2. The van der Waals surface area contributed by atoms with E-state index >= 15 is 0 Å². The first-order valence-corrected chi connectivity index (χ1v) is 5.76. The van der Waals surface area contributed by atoms with Crippen LogP contribution in [-0.2, 0) is 9.59 Å². The Hall–Kier alpha value is -1.62. The molecule has 1 atom stereocenters. The van der Waals surface area contributed by atoms with Crippen LogP contribution < -0.4 is 5.32 Å². The van der Waals surface area contributed by atoms with Crippen molar-refractivity contribution in [1.82, 2.24) is 5.32 Å². The van der Waals surface area contributed by atoms with Crippen LogP contribution in [0.3, 0.4) is 0 Å². The Balaban J connectivity index is 2.58. The van der Waals surface area contributed by atoms with Crippen molar-refractivity contribution >= 4 is 23.2 Å². The zero-order valence-electron chi connectivity index (χ0n) is 8.84. The number of rotatable bonds is 5. The maximum Gasteiger partial charge on any atom is 0.328 e. The fourth-order valence-corrected chi connectivity index (χ4v) is 2.09. The highest BCUT2D eigenvalue weighted by atomic mass is 32.1. The summed E-state index contributed by atoms with van der Waals surface area (Å²) in [4.78, 5) is 22.6. The van der Waals surface area contributed by atoms with E-state index < -0.39 is 5.97 Å². The quantitative estimate of drug-likeness (QED) is 0.772. The minimum atomic E-state index is -1.13. The first kappa shape index (κ1) is 12.4. The molecule has 0 aliphatic carbocycles. The van der Waals surface area contributed by atoms with Gasteiger partial charge in [-0.25, -0.2) is 4.79 Å². The van der Waals surface area contributed by atoms with E-state index in [9.17, 15) is 9.59 Å². The van der Waals surface area contributed by atoms with Gasteiger partial charge >= 0.3 is 5.97 Å². The summed E-state index contributed by atoms with van der Waals surface area (Å²) in [7, 11) is 0. The number of thiophene rings is 1. The Bertz CT molecular complexity index is 384. The molecule has 5 heteroatoms. The van der Waals surface area contributed by atoms with Gasteiger partial charge in [0.05, 0.1) is 6.04 Å². The molecule has 1 aromatic heterocycles. The zero-order valence-corrected chi connectivity index (χ0v) is 9.66. The monoisotopic (exact) mass is 239 g/mol. The lowest BCUT2D eigenvalue weighted by atomic mass is 10.2. The van der Waals surface area contributed by atoms with E-state index in [4.69, 9.17) is 5.11 Å². The van der Waals surface area contributed by atoms with Crippen LogP contribution in [0, 0.1) is 0 Å². The summed E-state index contributed by atoms with van der Waals surface area (Å²) < 4.78 is 0. The second kappa shape index (κ2) is 6.07. The molecule has 1 aromatic rings. The van der Waals surface area contributed by atoms with Crippen molar-refractivity contribution in [2.45, 2.75) is 19.4 Å². The highest BCUT2D eigenvalue weighted by molar-refractivity contribution is 7.10. The molecule has 0 saturated carbocycles. The van der Waals surface area contributed by atoms with Gasteiger partial charge in [-0.2, -0.15) is 0 Å². The molecule has 0 aliphatic heterocycles. The average Bonchev–Trinajstić information content (AvgIpc) is 2.76. The number of aliphatic carboxylic acids is 1. The number of carboxylic acid groups (broad SMARTS) is 1.